The SMILES string of the molecule is CCCOc1cccc(C(O)=C2C(=O)C(=O)N(c3nc(C)c(C(=O)OC)s3)C2c2ccc(Br)cc2)c1. The van der Waals surface area contributed by atoms with Crippen LogP contribution in [-0.2, 0) is 14.3 Å². The maximum Gasteiger partial charge on any atom is 0.350 e. The van der Waals surface area contributed by atoms with Gasteiger partial charge < -0.3 is 14.6 Å². The van der Waals surface area contributed by atoms with Gasteiger partial charge in [0.25, 0.3) is 5.78 Å². The van der Waals surface area contributed by atoms with Crippen LogP contribution < -0.4 is 9.64 Å². The van der Waals surface area contributed by atoms with E-state index < -0.39 is 23.7 Å². The summed E-state index contributed by atoms with van der Waals surface area (Å²) >= 11 is 4.35. The number of thiazole rings is 1. The van der Waals surface area contributed by atoms with E-state index in [1.54, 1.807) is 55.5 Å². The number of benzene rings is 2. The lowest BCUT2D eigenvalue weighted by Crippen LogP contribution is -2.29. The molecular formula is C26H23BrN2O6S. The van der Waals surface area contributed by atoms with Crippen molar-refractivity contribution in [2.75, 3.05) is 18.6 Å². The first-order valence-corrected chi connectivity index (χ1v) is 12.7. The Morgan fingerprint density at radius 2 is 1.92 bits per heavy atom. The molecule has 36 heavy (non-hydrogen) atoms. The van der Waals surface area contributed by atoms with E-state index in [1.807, 2.05) is 6.92 Å². The molecule has 1 fully saturated rings. The van der Waals surface area contributed by atoms with Gasteiger partial charge in [0.05, 0.1) is 31.0 Å². The van der Waals surface area contributed by atoms with Crippen molar-refractivity contribution in [3.63, 3.8) is 0 Å². The predicted octanol–water partition coefficient (Wildman–Crippen LogP) is 5.42. The number of Topliss-reactive ketones (excluding diaryl/α,β-unsaturated/α-hetero) is 1. The molecular weight excluding hydrogens is 548 g/mol. The summed E-state index contributed by atoms with van der Waals surface area (Å²) < 4.78 is 11.3. The number of aliphatic hydroxyl groups excluding tert-OH is 1. The molecule has 2 heterocycles. The molecule has 10 heteroatoms. The van der Waals surface area contributed by atoms with E-state index in [0.717, 1.165) is 22.2 Å². The van der Waals surface area contributed by atoms with Crippen LogP contribution in [0.3, 0.4) is 0 Å². The lowest BCUT2D eigenvalue weighted by molar-refractivity contribution is -0.132. The Morgan fingerprint density at radius 1 is 1.19 bits per heavy atom. The highest BCUT2D eigenvalue weighted by atomic mass is 79.9. The third-order valence-electron chi connectivity index (χ3n) is 5.57. The van der Waals surface area contributed by atoms with E-state index in [9.17, 15) is 19.5 Å². The molecule has 4 rings (SSSR count). The Labute approximate surface area is 220 Å². The third-order valence-corrected chi connectivity index (χ3v) is 7.24. The van der Waals surface area contributed by atoms with Gasteiger partial charge in [0, 0.05) is 10.0 Å². The Hall–Kier alpha value is -3.50. The average molecular weight is 571 g/mol. The Morgan fingerprint density at radius 3 is 2.58 bits per heavy atom. The quantitative estimate of drug-likeness (QED) is 0.175. The zero-order valence-corrected chi connectivity index (χ0v) is 22.2. The van der Waals surface area contributed by atoms with Gasteiger partial charge in [0.2, 0.25) is 0 Å². The fourth-order valence-corrected chi connectivity index (χ4v) is 5.14. The maximum absolute atomic E-state index is 13.3. The van der Waals surface area contributed by atoms with Gasteiger partial charge in [-0.1, -0.05) is 58.5 Å². The monoisotopic (exact) mass is 570 g/mol. The number of halogens is 1. The number of aliphatic hydroxyl groups is 1. The largest absolute Gasteiger partial charge is 0.507 e. The van der Waals surface area contributed by atoms with E-state index in [4.69, 9.17) is 9.47 Å². The number of aryl methyl sites for hydroxylation is 1. The lowest BCUT2D eigenvalue weighted by atomic mass is 9.95. The van der Waals surface area contributed by atoms with E-state index in [-0.39, 0.29) is 21.3 Å². The normalized spacial score (nSPS) is 16.9. The summed E-state index contributed by atoms with van der Waals surface area (Å²) in [7, 11) is 1.26. The summed E-state index contributed by atoms with van der Waals surface area (Å²) in [6.45, 7) is 4.11. The van der Waals surface area contributed by atoms with Gasteiger partial charge in [0.1, 0.15) is 16.4 Å². The number of hydrogen-bond acceptors (Lipinski definition) is 8. The van der Waals surface area contributed by atoms with Crippen LogP contribution in [-0.4, -0.2) is 41.5 Å². The molecule has 0 radical (unpaired) electrons. The molecule has 0 aliphatic carbocycles. The van der Waals surface area contributed by atoms with Crippen molar-refractivity contribution in [1.29, 1.82) is 0 Å². The van der Waals surface area contributed by atoms with Crippen molar-refractivity contribution >= 4 is 55.8 Å². The summed E-state index contributed by atoms with van der Waals surface area (Å²) in [5.74, 6) is -2.08. The predicted molar refractivity (Wildman–Crippen MR) is 139 cm³/mol. The molecule has 1 saturated heterocycles. The number of methoxy groups -OCH3 is 1. The van der Waals surface area contributed by atoms with Crippen LogP contribution in [0.2, 0.25) is 0 Å². The first-order valence-electron chi connectivity index (χ1n) is 11.1. The molecule has 0 spiro atoms. The summed E-state index contributed by atoms with van der Waals surface area (Å²) in [4.78, 5) is 44.7. The molecule has 0 bridgehead atoms. The van der Waals surface area contributed by atoms with Crippen LogP contribution in [0, 0.1) is 6.92 Å². The maximum atomic E-state index is 13.3. The van der Waals surface area contributed by atoms with Crippen molar-refractivity contribution in [1.82, 2.24) is 4.98 Å². The molecule has 8 nitrogen and oxygen atoms in total. The van der Waals surface area contributed by atoms with E-state index in [1.165, 1.54) is 12.0 Å². The van der Waals surface area contributed by atoms with Crippen molar-refractivity contribution in [2.24, 2.45) is 0 Å². The van der Waals surface area contributed by atoms with Crippen LogP contribution in [0.15, 0.2) is 58.6 Å². The Balaban J connectivity index is 1.89. The van der Waals surface area contributed by atoms with Crippen LogP contribution in [0.25, 0.3) is 5.76 Å². The number of ketones is 1. The molecule has 1 N–H and O–H groups in total. The van der Waals surface area contributed by atoms with E-state index >= 15 is 0 Å². The summed E-state index contributed by atoms with van der Waals surface area (Å²) in [5, 5.41) is 11.5. The molecule has 1 aliphatic heterocycles. The molecule has 1 aliphatic rings. The van der Waals surface area contributed by atoms with Gasteiger partial charge >= 0.3 is 11.9 Å². The number of nitrogens with zero attached hydrogens (tertiary/aromatic N) is 2. The lowest BCUT2D eigenvalue weighted by Gasteiger charge is -2.23. The zero-order valence-electron chi connectivity index (χ0n) is 19.8. The topological polar surface area (TPSA) is 106 Å². The number of anilines is 1. The molecule has 3 aromatic rings. The smallest absolute Gasteiger partial charge is 0.350 e. The molecule has 1 amide bonds. The van der Waals surface area contributed by atoms with E-state index in [2.05, 4.69) is 20.9 Å². The number of ether oxygens (including phenoxy) is 2. The number of hydrogen-bond donors (Lipinski definition) is 1. The van der Waals surface area contributed by atoms with Crippen molar-refractivity contribution in [2.45, 2.75) is 26.3 Å². The first-order chi connectivity index (χ1) is 17.3. The fourth-order valence-electron chi connectivity index (χ4n) is 3.87. The highest BCUT2D eigenvalue weighted by Crippen LogP contribution is 2.44. The number of amides is 1. The minimum Gasteiger partial charge on any atom is -0.507 e. The highest BCUT2D eigenvalue weighted by Gasteiger charge is 2.48. The van der Waals surface area contributed by atoms with Gasteiger partial charge in [-0.05, 0) is 43.2 Å². The van der Waals surface area contributed by atoms with Crippen molar-refractivity contribution in [3.8, 4) is 5.75 Å². The van der Waals surface area contributed by atoms with Gasteiger partial charge in [-0.15, -0.1) is 0 Å². The minimum absolute atomic E-state index is 0.0811. The number of aromatic nitrogens is 1. The zero-order chi connectivity index (χ0) is 26.0. The van der Waals surface area contributed by atoms with Crippen LogP contribution >= 0.6 is 27.3 Å². The highest BCUT2D eigenvalue weighted by molar-refractivity contribution is 9.10. The molecule has 186 valence electrons. The van der Waals surface area contributed by atoms with Crippen LogP contribution in [0.5, 0.6) is 5.75 Å². The van der Waals surface area contributed by atoms with Crippen molar-refractivity contribution < 1.29 is 29.0 Å². The second-order valence-electron chi connectivity index (χ2n) is 8.00. The average Bonchev–Trinajstić information content (AvgIpc) is 3.39. The third kappa shape index (κ3) is 4.78. The molecule has 1 unspecified atom stereocenters. The number of carbonyl (C=O) groups excluding carboxylic acids is 3. The summed E-state index contributed by atoms with van der Waals surface area (Å²) in [5.41, 5.74) is 1.22. The molecule has 2 aromatic carbocycles. The number of carbonyl (C=O) groups is 3. The first kappa shape index (κ1) is 25.6. The van der Waals surface area contributed by atoms with Crippen LogP contribution in [0.4, 0.5) is 5.13 Å². The standard InChI is InChI=1S/C26H23BrN2O6S/c1-4-12-35-18-7-5-6-16(13-18)21(30)19-20(15-8-10-17(27)11-9-15)29(24(32)22(19)31)26-28-14(2)23(36-26)25(33)34-3/h5-11,13,20,30H,4,12H2,1-3H3. The molecule has 0 saturated carbocycles. The van der Waals surface area contributed by atoms with Crippen molar-refractivity contribution in [3.05, 3.63) is 80.3 Å². The van der Waals surface area contributed by atoms with E-state index in [0.29, 0.717) is 29.2 Å². The number of rotatable bonds is 7. The van der Waals surface area contributed by atoms with Crippen LogP contribution in [0.1, 0.15) is 45.9 Å². The summed E-state index contributed by atoms with van der Waals surface area (Å²) in [6, 6.07) is 12.8. The van der Waals surface area contributed by atoms with Gasteiger partial charge in [-0.3, -0.25) is 14.5 Å². The second-order valence-corrected chi connectivity index (χ2v) is 9.89. The number of esters is 1. The molecule has 1 atom stereocenters. The Bertz CT molecular complexity index is 1370. The van der Waals surface area contributed by atoms with Gasteiger partial charge in [-0.25, -0.2) is 9.78 Å². The van der Waals surface area contributed by atoms with Gasteiger partial charge in [-0.2, -0.15) is 0 Å². The Kier molecular flexibility index (Phi) is 7.56. The second kappa shape index (κ2) is 10.6. The minimum atomic E-state index is -0.964. The molecule has 1 aromatic heterocycles. The van der Waals surface area contributed by atoms with Gasteiger partial charge in [0.15, 0.2) is 5.13 Å². The summed E-state index contributed by atoms with van der Waals surface area (Å²) in [6.07, 6.45) is 0.811. The fraction of sp³-hybridized carbons (Fsp3) is 0.231.